The molecule has 1 N–H and O–H groups in total. The molecule has 0 bridgehead atoms. The van der Waals surface area contributed by atoms with E-state index in [9.17, 15) is 9.59 Å². The number of para-hydroxylation sites is 1. The Labute approximate surface area is 178 Å². The molecule has 2 rings (SSSR count). The standard InChI is InChI=1S/C20H22ClN3O6/c1-11(25)17(24-23-13-7-6-8-14(27-2)18(13)29-4)20(26)22-12-9-10-15(28-3)19(30-5)16(12)21/h6-10,17H,1-5H3,(H,22,26). The van der Waals surface area contributed by atoms with Gasteiger partial charge >= 0.3 is 0 Å². The number of azo groups is 1. The maximum absolute atomic E-state index is 12.7. The average Bonchev–Trinajstić information content (AvgIpc) is 2.74. The Kier molecular flexibility index (Phi) is 7.99. The normalized spacial score (nSPS) is 11.7. The van der Waals surface area contributed by atoms with Gasteiger partial charge < -0.3 is 24.3 Å². The Bertz CT molecular complexity index is 964. The van der Waals surface area contributed by atoms with Gasteiger partial charge in [-0.25, -0.2) is 0 Å². The summed E-state index contributed by atoms with van der Waals surface area (Å²) in [5.74, 6) is 0.203. The molecule has 0 aliphatic rings. The second-order valence-corrected chi connectivity index (χ2v) is 6.27. The number of hydrogen-bond acceptors (Lipinski definition) is 8. The fourth-order valence-corrected chi connectivity index (χ4v) is 2.85. The summed E-state index contributed by atoms with van der Waals surface area (Å²) >= 11 is 6.28. The Morgan fingerprint density at radius 2 is 1.57 bits per heavy atom. The maximum Gasteiger partial charge on any atom is 0.258 e. The maximum atomic E-state index is 12.7. The number of hydrogen-bond donors (Lipinski definition) is 1. The lowest BCUT2D eigenvalue weighted by atomic mass is 10.2. The van der Waals surface area contributed by atoms with Crippen molar-refractivity contribution in [3.63, 3.8) is 0 Å². The lowest BCUT2D eigenvalue weighted by Crippen LogP contribution is -2.32. The first kappa shape index (κ1) is 23.0. The summed E-state index contributed by atoms with van der Waals surface area (Å²) < 4.78 is 20.8. The summed E-state index contributed by atoms with van der Waals surface area (Å²) in [6.07, 6.45) is 0. The van der Waals surface area contributed by atoms with Gasteiger partial charge in [0.25, 0.3) is 5.91 Å². The van der Waals surface area contributed by atoms with Crippen LogP contribution in [0.5, 0.6) is 23.0 Å². The van der Waals surface area contributed by atoms with Gasteiger partial charge in [0.1, 0.15) is 10.7 Å². The third kappa shape index (κ3) is 4.98. The van der Waals surface area contributed by atoms with E-state index in [0.29, 0.717) is 22.9 Å². The van der Waals surface area contributed by atoms with Gasteiger partial charge in [0, 0.05) is 0 Å². The molecular formula is C20H22ClN3O6. The molecule has 0 saturated carbocycles. The van der Waals surface area contributed by atoms with E-state index in [4.69, 9.17) is 30.5 Å². The molecule has 0 saturated heterocycles. The SMILES string of the molecule is COc1cccc(N=NC(C(C)=O)C(=O)Nc2ccc(OC)c(OC)c2Cl)c1OC. The topological polar surface area (TPSA) is 108 Å². The molecule has 0 heterocycles. The summed E-state index contributed by atoms with van der Waals surface area (Å²) in [5, 5.41) is 10.6. The molecular weight excluding hydrogens is 414 g/mol. The van der Waals surface area contributed by atoms with Gasteiger partial charge in [-0.05, 0) is 31.2 Å². The van der Waals surface area contributed by atoms with Gasteiger partial charge in [0.15, 0.2) is 28.8 Å². The number of benzene rings is 2. The molecule has 30 heavy (non-hydrogen) atoms. The Balaban J connectivity index is 2.31. The number of ketones is 1. The lowest BCUT2D eigenvalue weighted by molar-refractivity contribution is -0.126. The van der Waals surface area contributed by atoms with Crippen molar-refractivity contribution < 1.29 is 28.5 Å². The summed E-state index contributed by atoms with van der Waals surface area (Å²) in [4.78, 5) is 24.7. The zero-order valence-electron chi connectivity index (χ0n) is 17.2. The number of anilines is 1. The van der Waals surface area contributed by atoms with Crippen molar-refractivity contribution >= 4 is 34.7 Å². The van der Waals surface area contributed by atoms with Gasteiger partial charge in [-0.1, -0.05) is 17.7 Å². The highest BCUT2D eigenvalue weighted by Gasteiger charge is 2.25. The monoisotopic (exact) mass is 435 g/mol. The van der Waals surface area contributed by atoms with Crippen LogP contribution in [0.1, 0.15) is 6.92 Å². The van der Waals surface area contributed by atoms with E-state index in [2.05, 4.69) is 15.5 Å². The van der Waals surface area contributed by atoms with Crippen LogP contribution >= 0.6 is 11.6 Å². The van der Waals surface area contributed by atoms with E-state index >= 15 is 0 Å². The molecule has 160 valence electrons. The Morgan fingerprint density at radius 1 is 0.933 bits per heavy atom. The molecule has 1 unspecified atom stereocenters. The molecule has 1 atom stereocenters. The number of carbonyl (C=O) groups excluding carboxylic acids is 2. The summed E-state index contributed by atoms with van der Waals surface area (Å²) in [5.41, 5.74) is 0.541. The fourth-order valence-electron chi connectivity index (χ4n) is 2.57. The quantitative estimate of drug-likeness (QED) is 0.470. The molecule has 0 aromatic heterocycles. The number of Topliss-reactive ketones (excluding diaryl/α,β-unsaturated/α-hetero) is 1. The zero-order valence-corrected chi connectivity index (χ0v) is 17.9. The van der Waals surface area contributed by atoms with E-state index in [1.54, 1.807) is 24.3 Å². The third-order valence-electron chi connectivity index (χ3n) is 4.04. The van der Waals surface area contributed by atoms with Crippen molar-refractivity contribution in [3.8, 4) is 23.0 Å². The first-order chi connectivity index (χ1) is 14.4. The highest BCUT2D eigenvalue weighted by molar-refractivity contribution is 6.35. The van der Waals surface area contributed by atoms with Crippen LogP contribution in [0.3, 0.4) is 0 Å². The Hall–Kier alpha value is -3.33. The first-order valence-corrected chi connectivity index (χ1v) is 9.09. The van der Waals surface area contributed by atoms with Crippen molar-refractivity contribution in [1.29, 1.82) is 0 Å². The highest BCUT2D eigenvalue weighted by atomic mass is 35.5. The highest BCUT2D eigenvalue weighted by Crippen LogP contribution is 2.40. The van der Waals surface area contributed by atoms with Crippen molar-refractivity contribution in [1.82, 2.24) is 0 Å². The van der Waals surface area contributed by atoms with Crippen LogP contribution < -0.4 is 24.3 Å². The lowest BCUT2D eigenvalue weighted by Gasteiger charge is -2.15. The van der Waals surface area contributed by atoms with Crippen molar-refractivity contribution in [2.45, 2.75) is 13.0 Å². The minimum Gasteiger partial charge on any atom is -0.493 e. The number of ether oxygens (including phenoxy) is 4. The molecule has 0 spiro atoms. The number of rotatable bonds is 9. The van der Waals surface area contributed by atoms with E-state index < -0.39 is 17.7 Å². The Morgan fingerprint density at radius 3 is 2.13 bits per heavy atom. The molecule has 2 aromatic rings. The molecule has 10 heteroatoms. The number of methoxy groups -OCH3 is 4. The number of amides is 1. The van der Waals surface area contributed by atoms with Gasteiger partial charge in [-0.3, -0.25) is 9.59 Å². The minimum absolute atomic E-state index is 0.124. The van der Waals surface area contributed by atoms with Gasteiger partial charge in [0.05, 0.1) is 34.1 Å². The van der Waals surface area contributed by atoms with Crippen LogP contribution in [0.15, 0.2) is 40.6 Å². The van der Waals surface area contributed by atoms with Crippen LogP contribution in [-0.2, 0) is 9.59 Å². The van der Waals surface area contributed by atoms with Crippen molar-refractivity contribution in [3.05, 3.63) is 35.4 Å². The van der Waals surface area contributed by atoms with E-state index in [-0.39, 0.29) is 16.5 Å². The molecule has 0 fully saturated rings. The molecule has 0 radical (unpaired) electrons. The van der Waals surface area contributed by atoms with Crippen LogP contribution in [0, 0.1) is 0 Å². The van der Waals surface area contributed by atoms with Crippen LogP contribution in [-0.4, -0.2) is 46.2 Å². The largest absolute Gasteiger partial charge is 0.493 e. The number of halogens is 1. The smallest absolute Gasteiger partial charge is 0.258 e. The van der Waals surface area contributed by atoms with Crippen LogP contribution in [0.25, 0.3) is 0 Å². The number of nitrogens with zero attached hydrogens (tertiary/aromatic N) is 2. The summed E-state index contributed by atoms with van der Waals surface area (Å²) in [7, 11) is 5.82. The van der Waals surface area contributed by atoms with E-state index in [0.717, 1.165) is 0 Å². The molecule has 2 aromatic carbocycles. The molecule has 9 nitrogen and oxygen atoms in total. The van der Waals surface area contributed by atoms with E-state index in [1.165, 1.54) is 41.4 Å². The van der Waals surface area contributed by atoms with Gasteiger partial charge in [-0.15, -0.1) is 0 Å². The van der Waals surface area contributed by atoms with E-state index in [1.807, 2.05) is 0 Å². The van der Waals surface area contributed by atoms with Crippen molar-refractivity contribution in [2.24, 2.45) is 10.2 Å². The third-order valence-corrected chi connectivity index (χ3v) is 4.41. The van der Waals surface area contributed by atoms with Crippen LogP contribution in [0.4, 0.5) is 11.4 Å². The summed E-state index contributed by atoms with van der Waals surface area (Å²) in [6.45, 7) is 1.24. The minimum atomic E-state index is -1.40. The number of nitrogens with one attached hydrogen (secondary N) is 1. The van der Waals surface area contributed by atoms with Crippen molar-refractivity contribution in [2.75, 3.05) is 33.8 Å². The molecule has 1 amide bonds. The summed E-state index contributed by atoms with van der Waals surface area (Å²) in [6, 6.07) is 6.69. The molecule has 0 aliphatic heterocycles. The predicted molar refractivity (Wildman–Crippen MR) is 112 cm³/mol. The second kappa shape index (κ2) is 10.4. The van der Waals surface area contributed by atoms with Gasteiger partial charge in [-0.2, -0.15) is 10.2 Å². The van der Waals surface area contributed by atoms with Crippen LogP contribution in [0.2, 0.25) is 5.02 Å². The predicted octanol–water partition coefficient (Wildman–Crippen LogP) is 4.05. The fraction of sp³-hybridized carbons (Fsp3) is 0.300. The number of carbonyl (C=O) groups is 2. The second-order valence-electron chi connectivity index (χ2n) is 5.89. The van der Waals surface area contributed by atoms with Gasteiger partial charge in [0.2, 0.25) is 6.04 Å². The first-order valence-electron chi connectivity index (χ1n) is 8.71. The zero-order chi connectivity index (χ0) is 22.3. The average molecular weight is 436 g/mol. The molecule has 0 aliphatic carbocycles.